The summed E-state index contributed by atoms with van der Waals surface area (Å²) >= 11 is 1.89. The monoisotopic (exact) mass is 327 g/mol. The number of ketones is 1. The zero-order chi connectivity index (χ0) is 15.5. The summed E-state index contributed by atoms with van der Waals surface area (Å²) in [6.45, 7) is 3.55. The van der Waals surface area contributed by atoms with E-state index in [2.05, 4.69) is 11.6 Å². The molecule has 1 saturated carbocycles. The number of benzene rings is 1. The lowest BCUT2D eigenvalue weighted by molar-refractivity contribution is 0.101. The van der Waals surface area contributed by atoms with E-state index in [4.69, 9.17) is 0 Å². The molecule has 1 aromatic carbocycles. The van der Waals surface area contributed by atoms with Crippen LogP contribution in [-0.4, -0.2) is 31.2 Å². The van der Waals surface area contributed by atoms with E-state index in [-0.39, 0.29) is 16.7 Å². The predicted octanol–water partition coefficient (Wildman–Crippen LogP) is 2.84. The van der Waals surface area contributed by atoms with Crippen LogP contribution in [0.25, 0.3) is 0 Å². The Morgan fingerprint density at radius 1 is 1.38 bits per heavy atom. The summed E-state index contributed by atoms with van der Waals surface area (Å²) in [6, 6.07) is 6.21. The van der Waals surface area contributed by atoms with Crippen LogP contribution >= 0.6 is 11.8 Å². The van der Waals surface area contributed by atoms with E-state index in [0.717, 1.165) is 25.0 Å². The third-order valence-corrected chi connectivity index (χ3v) is 6.41. The highest BCUT2D eigenvalue weighted by Crippen LogP contribution is 2.30. The molecular formula is C15H21NO3S2. The number of rotatable bonds is 6. The van der Waals surface area contributed by atoms with Crippen LogP contribution in [0, 0.1) is 0 Å². The van der Waals surface area contributed by atoms with Gasteiger partial charge in [-0.1, -0.05) is 19.1 Å². The molecule has 0 spiro atoms. The highest BCUT2D eigenvalue weighted by atomic mass is 32.2. The molecule has 1 fully saturated rings. The Bertz CT molecular complexity index is 613. The lowest BCUT2D eigenvalue weighted by atomic mass is 10.2. The average Bonchev–Trinajstić information content (AvgIpc) is 2.86. The van der Waals surface area contributed by atoms with E-state index in [0.29, 0.717) is 10.8 Å². The Morgan fingerprint density at radius 3 is 2.81 bits per heavy atom. The van der Waals surface area contributed by atoms with Gasteiger partial charge in [0.2, 0.25) is 10.0 Å². The van der Waals surface area contributed by atoms with E-state index >= 15 is 0 Å². The first-order valence-corrected chi connectivity index (χ1v) is 9.70. The largest absolute Gasteiger partial charge is 0.295 e. The molecule has 0 heterocycles. The van der Waals surface area contributed by atoms with Gasteiger partial charge in [-0.3, -0.25) is 4.79 Å². The molecular weight excluding hydrogens is 306 g/mol. The van der Waals surface area contributed by atoms with Gasteiger partial charge in [0.25, 0.3) is 0 Å². The van der Waals surface area contributed by atoms with Crippen molar-refractivity contribution in [3.05, 3.63) is 29.8 Å². The van der Waals surface area contributed by atoms with E-state index in [1.807, 2.05) is 11.8 Å². The fraction of sp³-hybridized carbons (Fsp3) is 0.533. The second kappa shape index (κ2) is 6.94. The summed E-state index contributed by atoms with van der Waals surface area (Å²) in [4.78, 5) is 11.5. The van der Waals surface area contributed by atoms with Crippen molar-refractivity contribution in [3.8, 4) is 0 Å². The van der Waals surface area contributed by atoms with Gasteiger partial charge in [-0.2, -0.15) is 11.8 Å². The number of carbonyl (C=O) groups is 1. The topological polar surface area (TPSA) is 63.2 Å². The fourth-order valence-electron chi connectivity index (χ4n) is 2.60. The first-order chi connectivity index (χ1) is 9.92. The molecule has 21 heavy (non-hydrogen) atoms. The maximum Gasteiger partial charge on any atom is 0.240 e. The molecule has 0 saturated heterocycles. The van der Waals surface area contributed by atoms with Crippen LogP contribution < -0.4 is 4.72 Å². The summed E-state index contributed by atoms with van der Waals surface area (Å²) in [5.41, 5.74) is 0.420. The minimum atomic E-state index is -3.55. The molecule has 0 aromatic heterocycles. The second-order valence-corrected chi connectivity index (χ2v) is 8.58. The van der Waals surface area contributed by atoms with E-state index in [1.54, 1.807) is 12.1 Å². The SMILES string of the molecule is CCSC1CCC(NS(=O)(=O)c2cccc(C(C)=O)c2)C1. The van der Waals surface area contributed by atoms with Crippen molar-refractivity contribution in [2.45, 2.75) is 49.3 Å². The third kappa shape index (κ3) is 4.31. The highest BCUT2D eigenvalue weighted by Gasteiger charge is 2.28. The van der Waals surface area contributed by atoms with Gasteiger partial charge in [0.05, 0.1) is 4.90 Å². The zero-order valence-corrected chi connectivity index (χ0v) is 14.0. The predicted molar refractivity (Wildman–Crippen MR) is 86.3 cm³/mol. The van der Waals surface area contributed by atoms with Crippen LogP contribution in [0.2, 0.25) is 0 Å². The zero-order valence-electron chi connectivity index (χ0n) is 12.3. The smallest absolute Gasteiger partial charge is 0.240 e. The molecule has 116 valence electrons. The Labute approximate surface area is 130 Å². The van der Waals surface area contributed by atoms with Gasteiger partial charge in [0.15, 0.2) is 5.78 Å². The summed E-state index contributed by atoms with van der Waals surface area (Å²) in [7, 11) is -3.55. The fourth-order valence-corrected chi connectivity index (χ4v) is 5.08. The van der Waals surface area contributed by atoms with Gasteiger partial charge in [-0.05, 0) is 44.1 Å². The summed E-state index contributed by atoms with van der Waals surface area (Å²) in [5, 5.41) is 0.547. The maximum absolute atomic E-state index is 12.4. The Morgan fingerprint density at radius 2 is 2.14 bits per heavy atom. The van der Waals surface area contributed by atoms with E-state index in [9.17, 15) is 13.2 Å². The van der Waals surface area contributed by atoms with Gasteiger partial charge in [-0.15, -0.1) is 0 Å². The van der Waals surface area contributed by atoms with Crippen molar-refractivity contribution in [2.75, 3.05) is 5.75 Å². The van der Waals surface area contributed by atoms with Crippen LogP contribution in [0.1, 0.15) is 43.5 Å². The molecule has 0 amide bonds. The van der Waals surface area contributed by atoms with Crippen LogP contribution in [0.15, 0.2) is 29.2 Å². The lowest BCUT2D eigenvalue weighted by Crippen LogP contribution is -2.33. The molecule has 1 N–H and O–H groups in total. The minimum absolute atomic E-state index is 0.0000317. The number of hydrogen-bond donors (Lipinski definition) is 1. The van der Waals surface area contributed by atoms with Gasteiger partial charge < -0.3 is 0 Å². The van der Waals surface area contributed by atoms with Gasteiger partial charge in [0.1, 0.15) is 0 Å². The van der Waals surface area contributed by atoms with Gasteiger partial charge in [0, 0.05) is 16.9 Å². The third-order valence-electron chi connectivity index (χ3n) is 3.66. The van der Waals surface area contributed by atoms with E-state index in [1.165, 1.54) is 19.1 Å². The Hall–Kier alpha value is -0.850. The summed E-state index contributed by atoms with van der Waals surface area (Å²) in [5.74, 6) is 0.928. The van der Waals surface area contributed by atoms with Crippen molar-refractivity contribution in [2.24, 2.45) is 0 Å². The molecule has 6 heteroatoms. The highest BCUT2D eigenvalue weighted by molar-refractivity contribution is 7.99. The summed E-state index contributed by atoms with van der Waals surface area (Å²) in [6.07, 6.45) is 2.81. The maximum atomic E-state index is 12.4. The lowest BCUT2D eigenvalue weighted by Gasteiger charge is -2.14. The van der Waals surface area contributed by atoms with Gasteiger partial charge >= 0.3 is 0 Å². The standard InChI is InChI=1S/C15H21NO3S2/c1-3-20-14-8-7-13(10-14)16-21(18,19)15-6-4-5-12(9-15)11(2)17/h4-6,9,13-14,16H,3,7-8,10H2,1-2H3. The Kier molecular flexibility index (Phi) is 5.46. The van der Waals surface area contributed by atoms with Crippen molar-refractivity contribution in [1.29, 1.82) is 0 Å². The van der Waals surface area contributed by atoms with Crippen molar-refractivity contribution < 1.29 is 13.2 Å². The van der Waals surface area contributed by atoms with Crippen molar-refractivity contribution in [1.82, 2.24) is 4.72 Å². The summed E-state index contributed by atoms with van der Waals surface area (Å²) < 4.78 is 27.6. The molecule has 0 bridgehead atoms. The molecule has 4 nitrogen and oxygen atoms in total. The van der Waals surface area contributed by atoms with Crippen LogP contribution in [0.4, 0.5) is 0 Å². The number of thioether (sulfide) groups is 1. The van der Waals surface area contributed by atoms with Crippen molar-refractivity contribution in [3.63, 3.8) is 0 Å². The molecule has 2 atom stereocenters. The quantitative estimate of drug-likeness (QED) is 0.816. The average molecular weight is 327 g/mol. The molecule has 0 aliphatic heterocycles. The molecule has 2 unspecified atom stereocenters. The number of carbonyl (C=O) groups excluding carboxylic acids is 1. The van der Waals surface area contributed by atoms with Crippen molar-refractivity contribution >= 4 is 27.6 Å². The molecule has 1 aliphatic carbocycles. The number of sulfonamides is 1. The van der Waals surface area contributed by atoms with Crippen LogP contribution in [0.3, 0.4) is 0 Å². The molecule has 1 aliphatic rings. The first kappa shape index (κ1) is 16.5. The Balaban J connectivity index is 2.09. The van der Waals surface area contributed by atoms with Gasteiger partial charge in [-0.25, -0.2) is 13.1 Å². The van der Waals surface area contributed by atoms with Crippen LogP contribution in [-0.2, 0) is 10.0 Å². The normalized spacial score (nSPS) is 22.4. The minimum Gasteiger partial charge on any atom is -0.295 e. The molecule has 0 radical (unpaired) electrons. The van der Waals surface area contributed by atoms with Crippen LogP contribution in [0.5, 0.6) is 0 Å². The molecule has 1 aromatic rings. The van der Waals surface area contributed by atoms with E-state index < -0.39 is 10.0 Å². The number of nitrogens with one attached hydrogen (secondary N) is 1. The second-order valence-electron chi connectivity index (χ2n) is 5.29. The molecule has 2 rings (SSSR count). The number of hydrogen-bond acceptors (Lipinski definition) is 4. The number of Topliss-reactive ketones (excluding diaryl/α,β-unsaturated/α-hetero) is 1. The first-order valence-electron chi connectivity index (χ1n) is 7.17.